The normalized spacial score (nSPS) is 15.0. The molecule has 0 saturated carbocycles. The lowest BCUT2D eigenvalue weighted by molar-refractivity contribution is 0.294. The van der Waals surface area contributed by atoms with Gasteiger partial charge in [0.15, 0.2) is 0 Å². The lowest BCUT2D eigenvalue weighted by atomic mass is 9.99. The van der Waals surface area contributed by atoms with Crippen molar-refractivity contribution in [3.63, 3.8) is 0 Å². The summed E-state index contributed by atoms with van der Waals surface area (Å²) < 4.78 is 0. The Morgan fingerprint density at radius 3 is 2.59 bits per heavy atom. The second-order valence-corrected chi connectivity index (χ2v) is 7.49. The van der Waals surface area contributed by atoms with Gasteiger partial charge in [-0.2, -0.15) is 0 Å². The molecule has 1 aliphatic heterocycles. The van der Waals surface area contributed by atoms with E-state index in [2.05, 4.69) is 70.6 Å². The number of benzene rings is 2. The number of para-hydroxylation sites is 1. The first-order valence-corrected chi connectivity index (χ1v) is 10.2. The summed E-state index contributed by atoms with van der Waals surface area (Å²) >= 11 is 0. The van der Waals surface area contributed by atoms with Crippen molar-refractivity contribution < 1.29 is 0 Å². The summed E-state index contributed by atoms with van der Waals surface area (Å²) in [6.07, 6.45) is 10.6. The molecule has 138 valence electrons. The molecule has 2 heterocycles. The summed E-state index contributed by atoms with van der Waals surface area (Å²) in [6, 6.07) is 21.5. The number of aryl methyl sites for hydroxylation is 1. The molecule has 0 spiro atoms. The van der Waals surface area contributed by atoms with Gasteiger partial charge in [0.1, 0.15) is 0 Å². The van der Waals surface area contributed by atoms with Crippen molar-refractivity contribution in [1.82, 2.24) is 9.88 Å². The summed E-state index contributed by atoms with van der Waals surface area (Å²) in [5.74, 6) is 0. The molecule has 27 heavy (non-hydrogen) atoms. The Morgan fingerprint density at radius 1 is 0.889 bits per heavy atom. The van der Waals surface area contributed by atoms with E-state index < -0.39 is 0 Å². The molecular formula is C25H28N2. The quantitative estimate of drug-likeness (QED) is 0.502. The SMILES string of the molecule is C1=C(c2ccccc2)CCN(CCCCCc2cnc3ccccc3c2)C1. The zero-order valence-electron chi connectivity index (χ0n) is 16.0. The first-order valence-electron chi connectivity index (χ1n) is 10.2. The van der Waals surface area contributed by atoms with Crippen LogP contribution in [0.5, 0.6) is 0 Å². The van der Waals surface area contributed by atoms with Crippen LogP contribution in [0.4, 0.5) is 0 Å². The number of aromatic nitrogens is 1. The number of unbranched alkanes of at least 4 members (excludes halogenated alkanes) is 2. The van der Waals surface area contributed by atoms with Crippen LogP contribution in [0.15, 0.2) is 72.9 Å². The fraction of sp³-hybridized carbons (Fsp3) is 0.320. The highest BCUT2D eigenvalue weighted by atomic mass is 15.1. The Labute approximate surface area is 162 Å². The van der Waals surface area contributed by atoms with Gasteiger partial charge in [-0.3, -0.25) is 9.88 Å². The van der Waals surface area contributed by atoms with Gasteiger partial charge in [-0.05, 0) is 61.1 Å². The van der Waals surface area contributed by atoms with Crippen LogP contribution >= 0.6 is 0 Å². The van der Waals surface area contributed by atoms with E-state index in [1.807, 2.05) is 12.3 Å². The lowest BCUT2D eigenvalue weighted by Gasteiger charge is -2.26. The molecule has 0 bridgehead atoms. The highest BCUT2D eigenvalue weighted by molar-refractivity contribution is 5.78. The third kappa shape index (κ3) is 4.84. The van der Waals surface area contributed by atoms with Gasteiger partial charge in [-0.1, -0.05) is 61.0 Å². The topological polar surface area (TPSA) is 16.1 Å². The second-order valence-electron chi connectivity index (χ2n) is 7.49. The smallest absolute Gasteiger partial charge is 0.0702 e. The Hall–Kier alpha value is -2.45. The van der Waals surface area contributed by atoms with Crippen molar-refractivity contribution in [2.45, 2.75) is 32.1 Å². The number of hydrogen-bond donors (Lipinski definition) is 0. The van der Waals surface area contributed by atoms with Crippen LogP contribution in [0.3, 0.4) is 0 Å². The number of fused-ring (bicyclic) bond motifs is 1. The molecule has 0 saturated heterocycles. The van der Waals surface area contributed by atoms with E-state index in [4.69, 9.17) is 0 Å². The molecular weight excluding hydrogens is 328 g/mol. The minimum atomic E-state index is 1.09. The fourth-order valence-electron chi connectivity index (χ4n) is 3.92. The third-order valence-electron chi connectivity index (χ3n) is 5.52. The first-order chi connectivity index (χ1) is 13.4. The van der Waals surface area contributed by atoms with Gasteiger partial charge >= 0.3 is 0 Å². The molecule has 2 nitrogen and oxygen atoms in total. The zero-order chi connectivity index (χ0) is 18.3. The summed E-state index contributed by atoms with van der Waals surface area (Å²) in [5.41, 5.74) is 5.35. The minimum absolute atomic E-state index is 1.09. The zero-order valence-corrected chi connectivity index (χ0v) is 16.0. The summed E-state index contributed by atoms with van der Waals surface area (Å²) in [6.45, 7) is 3.50. The Kier molecular flexibility index (Phi) is 5.96. The molecule has 4 rings (SSSR count). The molecule has 1 aliphatic rings. The minimum Gasteiger partial charge on any atom is -0.299 e. The van der Waals surface area contributed by atoms with E-state index in [-0.39, 0.29) is 0 Å². The van der Waals surface area contributed by atoms with E-state index in [0.29, 0.717) is 0 Å². The second kappa shape index (κ2) is 8.96. The molecule has 0 aliphatic carbocycles. The van der Waals surface area contributed by atoms with E-state index >= 15 is 0 Å². The van der Waals surface area contributed by atoms with Gasteiger partial charge in [0, 0.05) is 24.7 Å². The highest BCUT2D eigenvalue weighted by Gasteiger charge is 2.12. The number of pyridine rings is 1. The van der Waals surface area contributed by atoms with Crippen LogP contribution in [-0.4, -0.2) is 29.5 Å². The van der Waals surface area contributed by atoms with E-state index in [1.54, 1.807) is 0 Å². The molecule has 2 heteroatoms. The maximum Gasteiger partial charge on any atom is 0.0702 e. The van der Waals surface area contributed by atoms with Gasteiger partial charge < -0.3 is 0 Å². The van der Waals surface area contributed by atoms with E-state index in [9.17, 15) is 0 Å². The predicted molar refractivity (Wildman–Crippen MR) is 115 cm³/mol. The van der Waals surface area contributed by atoms with Crippen molar-refractivity contribution in [3.8, 4) is 0 Å². The van der Waals surface area contributed by atoms with Crippen LogP contribution in [0.2, 0.25) is 0 Å². The van der Waals surface area contributed by atoms with Gasteiger partial charge in [-0.25, -0.2) is 0 Å². The maximum absolute atomic E-state index is 4.57. The highest BCUT2D eigenvalue weighted by Crippen LogP contribution is 2.22. The molecule has 0 amide bonds. The Bertz CT molecular complexity index is 898. The molecule has 2 aromatic carbocycles. The lowest BCUT2D eigenvalue weighted by Crippen LogP contribution is -2.29. The molecule has 0 atom stereocenters. The molecule has 1 aromatic heterocycles. The molecule has 0 fully saturated rings. The van der Waals surface area contributed by atoms with Crippen LogP contribution in [-0.2, 0) is 6.42 Å². The van der Waals surface area contributed by atoms with Crippen LogP contribution in [0, 0.1) is 0 Å². The van der Waals surface area contributed by atoms with Crippen molar-refractivity contribution in [1.29, 1.82) is 0 Å². The molecule has 0 radical (unpaired) electrons. The standard InChI is InChI=1S/C25H28N2/c1-4-10-22(11-5-1)23-14-17-27(18-15-23)16-8-2-3-9-21-19-24-12-6-7-13-25(24)26-20-21/h1,4-7,10-14,19-20H,2-3,8-9,15-18H2. The first kappa shape index (κ1) is 17.9. The summed E-state index contributed by atoms with van der Waals surface area (Å²) in [5, 5.41) is 1.25. The van der Waals surface area contributed by atoms with E-state index in [0.717, 1.165) is 18.5 Å². The molecule has 0 N–H and O–H groups in total. The van der Waals surface area contributed by atoms with Gasteiger partial charge in [0.25, 0.3) is 0 Å². The van der Waals surface area contributed by atoms with E-state index in [1.165, 1.54) is 60.9 Å². The number of hydrogen-bond acceptors (Lipinski definition) is 2. The summed E-state index contributed by atoms with van der Waals surface area (Å²) in [4.78, 5) is 7.16. The van der Waals surface area contributed by atoms with Gasteiger partial charge in [0.2, 0.25) is 0 Å². The summed E-state index contributed by atoms with van der Waals surface area (Å²) in [7, 11) is 0. The van der Waals surface area contributed by atoms with Crippen molar-refractivity contribution in [2.75, 3.05) is 19.6 Å². The van der Waals surface area contributed by atoms with Crippen molar-refractivity contribution in [3.05, 3.63) is 84.1 Å². The van der Waals surface area contributed by atoms with Crippen molar-refractivity contribution >= 4 is 16.5 Å². The average Bonchev–Trinajstić information content (AvgIpc) is 2.74. The monoisotopic (exact) mass is 356 g/mol. The van der Waals surface area contributed by atoms with Crippen LogP contribution < -0.4 is 0 Å². The van der Waals surface area contributed by atoms with Crippen LogP contribution in [0.25, 0.3) is 16.5 Å². The average molecular weight is 357 g/mol. The number of rotatable bonds is 7. The maximum atomic E-state index is 4.57. The van der Waals surface area contributed by atoms with Gasteiger partial charge in [-0.15, -0.1) is 0 Å². The molecule has 0 unspecified atom stereocenters. The van der Waals surface area contributed by atoms with Crippen LogP contribution in [0.1, 0.15) is 36.8 Å². The number of nitrogens with zero attached hydrogens (tertiary/aromatic N) is 2. The van der Waals surface area contributed by atoms with Crippen molar-refractivity contribution in [2.24, 2.45) is 0 Å². The molecule has 3 aromatic rings. The largest absolute Gasteiger partial charge is 0.299 e. The Balaban J connectivity index is 1.18. The fourth-order valence-corrected chi connectivity index (χ4v) is 3.92. The third-order valence-corrected chi connectivity index (χ3v) is 5.52. The predicted octanol–water partition coefficient (Wildman–Crippen LogP) is 5.74. The van der Waals surface area contributed by atoms with Gasteiger partial charge in [0.05, 0.1) is 5.52 Å². The Morgan fingerprint density at radius 2 is 1.74 bits per heavy atom.